The zero-order valence-corrected chi connectivity index (χ0v) is 30.1. The first-order valence-corrected chi connectivity index (χ1v) is 20.1. The van der Waals surface area contributed by atoms with Crippen molar-refractivity contribution in [3.63, 3.8) is 0 Å². The van der Waals surface area contributed by atoms with E-state index in [0.717, 1.165) is 89.9 Å². The van der Waals surface area contributed by atoms with Gasteiger partial charge in [0.15, 0.2) is 11.5 Å². The molecule has 0 amide bonds. The number of anilines is 4. The first kappa shape index (κ1) is 30.6. The molecular weight excluding hydrogens is 681 g/mol. The van der Waals surface area contributed by atoms with E-state index in [1.54, 1.807) is 0 Å². The van der Waals surface area contributed by atoms with Gasteiger partial charge in [0.25, 0.3) is 0 Å². The van der Waals surface area contributed by atoms with Crippen LogP contribution >= 0.6 is 0 Å². The summed E-state index contributed by atoms with van der Waals surface area (Å²) in [6.07, 6.45) is 0. The van der Waals surface area contributed by atoms with Crippen LogP contribution in [-0.2, 0) is 0 Å². The molecule has 0 unspecified atom stereocenters. The molecule has 256 valence electrons. The first-order chi connectivity index (χ1) is 26.8. The van der Waals surface area contributed by atoms with Crippen molar-refractivity contribution in [2.24, 2.45) is 0 Å². The molecule has 0 fully saturated rings. The van der Waals surface area contributed by atoms with Gasteiger partial charge in [0.2, 0.25) is 0 Å². The van der Waals surface area contributed by atoms with E-state index in [1.807, 2.05) is 24.3 Å². The highest BCUT2D eigenvalue weighted by Crippen LogP contribution is 2.56. The number of fused-ring (bicyclic) bond motifs is 10. The number of hydrogen-bond acceptors (Lipinski definition) is 5. The van der Waals surface area contributed by atoms with Gasteiger partial charge in [-0.1, -0.05) is 133 Å². The van der Waals surface area contributed by atoms with Gasteiger partial charge >= 0.3 is 8.40 Å². The third-order valence-electron chi connectivity index (χ3n) is 10.7. The SMILES string of the molecule is c1ccc(-c2ccc3c(c2)Oc2cc(-c4ccccc4)ccc2N2c4ccccc4Oc4ccccc4[Si]24c2ccccc2Oc2ccccc2N34)cc1. The molecule has 0 atom stereocenters. The highest BCUT2D eigenvalue weighted by molar-refractivity contribution is 7.10. The highest BCUT2D eigenvalue weighted by atomic mass is 28.3. The van der Waals surface area contributed by atoms with Gasteiger partial charge in [-0.3, -0.25) is 0 Å². The van der Waals surface area contributed by atoms with Gasteiger partial charge in [-0.25, -0.2) is 0 Å². The van der Waals surface area contributed by atoms with Crippen LogP contribution in [0.5, 0.6) is 34.5 Å². The molecule has 0 N–H and O–H groups in total. The molecule has 11 rings (SSSR count). The molecule has 0 bridgehead atoms. The average Bonchev–Trinajstić information content (AvgIpc) is 3.43. The second kappa shape index (κ2) is 12.0. The van der Waals surface area contributed by atoms with Crippen molar-refractivity contribution in [3.8, 4) is 56.8 Å². The Balaban J connectivity index is 1.35. The van der Waals surface area contributed by atoms with Crippen LogP contribution in [0, 0.1) is 0 Å². The Labute approximate surface area is 314 Å². The monoisotopic (exact) mass is 712 g/mol. The van der Waals surface area contributed by atoms with Crippen LogP contribution in [0.1, 0.15) is 0 Å². The molecule has 0 aromatic heterocycles. The summed E-state index contributed by atoms with van der Waals surface area (Å²) in [6.45, 7) is 0. The molecule has 3 heterocycles. The van der Waals surface area contributed by atoms with Crippen molar-refractivity contribution in [1.29, 1.82) is 0 Å². The lowest BCUT2D eigenvalue weighted by molar-refractivity contribution is 0.483. The van der Waals surface area contributed by atoms with E-state index in [9.17, 15) is 0 Å². The Bertz CT molecular complexity index is 2550. The first-order valence-electron chi connectivity index (χ1n) is 18.2. The van der Waals surface area contributed by atoms with E-state index in [2.05, 4.69) is 179 Å². The Morgan fingerprint density at radius 1 is 0.278 bits per heavy atom. The predicted octanol–water partition coefficient (Wildman–Crippen LogP) is 11.6. The van der Waals surface area contributed by atoms with Crippen LogP contribution in [0.3, 0.4) is 0 Å². The molecule has 3 aliphatic rings. The minimum absolute atomic E-state index is 0.749. The molecule has 54 heavy (non-hydrogen) atoms. The van der Waals surface area contributed by atoms with Gasteiger partial charge in [0, 0.05) is 10.4 Å². The maximum atomic E-state index is 7.35. The molecule has 0 aliphatic carbocycles. The second-order valence-corrected chi connectivity index (χ2v) is 17.0. The second-order valence-electron chi connectivity index (χ2n) is 13.7. The van der Waals surface area contributed by atoms with Crippen LogP contribution < -0.4 is 33.7 Å². The summed E-state index contributed by atoms with van der Waals surface area (Å²) in [5, 5.41) is 2.18. The van der Waals surface area contributed by atoms with Gasteiger partial charge in [-0.05, 0) is 82.9 Å². The van der Waals surface area contributed by atoms with Crippen molar-refractivity contribution in [1.82, 2.24) is 0 Å². The van der Waals surface area contributed by atoms with Gasteiger partial charge in [0.05, 0.1) is 22.7 Å². The molecule has 0 saturated heterocycles. The van der Waals surface area contributed by atoms with Crippen LogP contribution in [0.2, 0.25) is 0 Å². The maximum absolute atomic E-state index is 7.35. The third-order valence-corrected chi connectivity index (χ3v) is 15.2. The summed E-state index contributed by atoms with van der Waals surface area (Å²) in [7, 11) is -3.60. The molecule has 0 saturated carbocycles. The normalized spacial score (nSPS) is 14.1. The number of hydrogen-bond donors (Lipinski definition) is 0. The average molecular weight is 713 g/mol. The Kier molecular flexibility index (Phi) is 6.81. The summed E-state index contributed by atoms with van der Waals surface area (Å²) in [4.78, 5) is 0. The van der Waals surface area contributed by atoms with Crippen molar-refractivity contribution in [2.45, 2.75) is 0 Å². The van der Waals surface area contributed by atoms with Crippen molar-refractivity contribution in [2.75, 3.05) is 9.13 Å². The zero-order valence-electron chi connectivity index (χ0n) is 29.1. The largest absolute Gasteiger partial charge is 0.455 e. The van der Waals surface area contributed by atoms with E-state index in [0.29, 0.717) is 0 Å². The summed E-state index contributed by atoms with van der Waals surface area (Å²) in [5.41, 5.74) is 8.13. The van der Waals surface area contributed by atoms with Crippen LogP contribution in [0.15, 0.2) is 194 Å². The maximum Gasteiger partial charge on any atom is 0.348 e. The van der Waals surface area contributed by atoms with E-state index in [4.69, 9.17) is 14.2 Å². The van der Waals surface area contributed by atoms with Crippen LogP contribution in [0.4, 0.5) is 22.7 Å². The Morgan fingerprint density at radius 2 is 0.630 bits per heavy atom. The molecular formula is C48H32N2O3Si. The molecule has 5 nitrogen and oxygen atoms in total. The number of rotatable bonds is 2. The summed E-state index contributed by atoms with van der Waals surface area (Å²) in [6, 6.07) is 68.0. The summed E-state index contributed by atoms with van der Waals surface area (Å²) >= 11 is 0. The lowest BCUT2D eigenvalue weighted by Crippen LogP contribution is -2.78. The molecule has 1 spiro atoms. The van der Waals surface area contributed by atoms with Gasteiger partial charge in [-0.2, -0.15) is 0 Å². The van der Waals surface area contributed by atoms with Gasteiger partial charge < -0.3 is 23.3 Å². The molecule has 8 aromatic rings. The Hall–Kier alpha value is -7.02. The minimum atomic E-state index is -3.60. The lowest BCUT2D eigenvalue weighted by atomic mass is 10.0. The van der Waals surface area contributed by atoms with Crippen molar-refractivity contribution >= 4 is 41.5 Å². The minimum Gasteiger partial charge on any atom is -0.455 e. The molecule has 0 radical (unpaired) electrons. The van der Waals surface area contributed by atoms with Crippen LogP contribution in [0.25, 0.3) is 22.3 Å². The topological polar surface area (TPSA) is 34.2 Å². The summed E-state index contributed by atoms with van der Waals surface area (Å²) < 4.78 is 26.5. The van der Waals surface area contributed by atoms with E-state index >= 15 is 0 Å². The fourth-order valence-electron chi connectivity index (χ4n) is 8.36. The standard InChI is InChI=1S/C48H32N2O3Si/c1-3-15-33(16-4-1)35-27-29-39-45(31-35)53-46-32-36(34-17-5-2-6-18-34)28-30-40(46)50-38-20-8-10-22-42(38)52-44-24-12-14-26-48(44)54(50)47-25-13-11-23-43(47)51-41-21-9-7-19-37(41)49(39)54/h1-32H. The number of benzene rings is 8. The van der Waals surface area contributed by atoms with E-state index in [-0.39, 0.29) is 0 Å². The van der Waals surface area contributed by atoms with Gasteiger partial charge in [0.1, 0.15) is 23.0 Å². The fourth-order valence-corrected chi connectivity index (χ4v) is 13.6. The summed E-state index contributed by atoms with van der Waals surface area (Å²) in [5.74, 6) is 4.65. The fraction of sp³-hybridized carbons (Fsp3) is 0. The zero-order chi connectivity index (χ0) is 35.6. The number of ether oxygens (including phenoxy) is 3. The quantitative estimate of drug-likeness (QED) is 0.167. The van der Waals surface area contributed by atoms with Gasteiger partial charge in [-0.15, -0.1) is 0 Å². The van der Waals surface area contributed by atoms with E-state index < -0.39 is 8.40 Å². The smallest absolute Gasteiger partial charge is 0.348 e. The Morgan fingerprint density at radius 3 is 1.09 bits per heavy atom. The third kappa shape index (κ3) is 4.50. The van der Waals surface area contributed by atoms with Crippen LogP contribution in [-0.4, -0.2) is 8.40 Å². The van der Waals surface area contributed by atoms with E-state index in [1.165, 1.54) is 0 Å². The molecule has 6 heteroatoms. The molecule has 3 aliphatic heterocycles. The lowest BCUT2D eigenvalue weighted by Gasteiger charge is -2.51. The molecule has 8 aromatic carbocycles. The number of nitrogens with zero attached hydrogens (tertiary/aromatic N) is 2. The highest BCUT2D eigenvalue weighted by Gasteiger charge is 2.60. The number of para-hydroxylation sites is 6. The predicted molar refractivity (Wildman–Crippen MR) is 219 cm³/mol. The van der Waals surface area contributed by atoms with Crippen molar-refractivity contribution < 1.29 is 14.2 Å². The van der Waals surface area contributed by atoms with Crippen molar-refractivity contribution in [3.05, 3.63) is 194 Å².